The Bertz CT molecular complexity index is 477. The summed E-state index contributed by atoms with van der Waals surface area (Å²) < 4.78 is 0. The van der Waals surface area contributed by atoms with Crippen LogP contribution in [-0.2, 0) is 0 Å². The number of aliphatic hydroxyl groups is 2. The van der Waals surface area contributed by atoms with E-state index in [2.05, 4.69) is 20.8 Å². The molecular formula is C22H38O2. The van der Waals surface area contributed by atoms with Gasteiger partial charge in [-0.3, -0.25) is 0 Å². The predicted octanol–water partition coefficient (Wildman–Crippen LogP) is 4.78. The molecule has 0 saturated heterocycles. The maximum atomic E-state index is 10.6. The molecule has 0 aliphatic heterocycles. The van der Waals surface area contributed by atoms with E-state index >= 15 is 0 Å². The number of hydrogen-bond donors (Lipinski definition) is 2. The van der Waals surface area contributed by atoms with Crippen LogP contribution < -0.4 is 0 Å². The number of rotatable bonds is 2. The molecule has 4 rings (SSSR count). The highest BCUT2D eigenvalue weighted by Gasteiger charge is 2.60. The molecule has 9 atom stereocenters. The Balaban J connectivity index is 1.59. The fourth-order valence-electron chi connectivity index (χ4n) is 8.19. The molecule has 138 valence electrons. The van der Waals surface area contributed by atoms with Crippen molar-refractivity contribution in [1.82, 2.24) is 0 Å². The van der Waals surface area contributed by atoms with Gasteiger partial charge >= 0.3 is 0 Å². The molecule has 4 saturated carbocycles. The Labute approximate surface area is 148 Å². The molecule has 0 aromatic heterocycles. The molecule has 4 fully saturated rings. The predicted molar refractivity (Wildman–Crippen MR) is 97.5 cm³/mol. The molecule has 0 radical (unpaired) electrons. The van der Waals surface area contributed by atoms with Crippen molar-refractivity contribution in [3.05, 3.63) is 0 Å². The summed E-state index contributed by atoms with van der Waals surface area (Å²) in [6, 6.07) is 0. The average Bonchev–Trinajstić information content (AvgIpc) is 2.92. The lowest BCUT2D eigenvalue weighted by Crippen LogP contribution is -2.54. The Morgan fingerprint density at radius 1 is 0.917 bits per heavy atom. The van der Waals surface area contributed by atoms with Gasteiger partial charge in [0.2, 0.25) is 0 Å². The molecule has 0 bridgehead atoms. The summed E-state index contributed by atoms with van der Waals surface area (Å²) >= 11 is 0. The molecule has 2 heteroatoms. The lowest BCUT2D eigenvalue weighted by molar-refractivity contribution is -0.133. The Morgan fingerprint density at radius 2 is 1.62 bits per heavy atom. The molecule has 4 aliphatic carbocycles. The van der Waals surface area contributed by atoms with Gasteiger partial charge in [0.15, 0.2) is 0 Å². The Kier molecular flexibility index (Phi) is 4.32. The van der Waals surface area contributed by atoms with Crippen LogP contribution in [-0.4, -0.2) is 22.4 Å². The quantitative estimate of drug-likeness (QED) is 0.763. The minimum Gasteiger partial charge on any atom is -0.393 e. The van der Waals surface area contributed by atoms with Crippen LogP contribution in [0.4, 0.5) is 0 Å². The average molecular weight is 335 g/mol. The molecule has 0 unspecified atom stereocenters. The van der Waals surface area contributed by atoms with E-state index < -0.39 is 0 Å². The van der Waals surface area contributed by atoms with Gasteiger partial charge in [0.25, 0.3) is 0 Å². The summed E-state index contributed by atoms with van der Waals surface area (Å²) in [6.07, 6.45) is 12.1. The first-order chi connectivity index (χ1) is 11.4. The van der Waals surface area contributed by atoms with Crippen molar-refractivity contribution in [3.63, 3.8) is 0 Å². The lowest BCUT2D eigenvalue weighted by atomic mass is 9.44. The van der Waals surface area contributed by atoms with Crippen molar-refractivity contribution >= 4 is 0 Å². The summed E-state index contributed by atoms with van der Waals surface area (Å²) in [5, 5.41) is 20.7. The van der Waals surface area contributed by atoms with E-state index in [1.807, 2.05) is 0 Å². The van der Waals surface area contributed by atoms with Gasteiger partial charge in [-0.2, -0.15) is 0 Å². The van der Waals surface area contributed by atoms with Crippen LogP contribution in [0.2, 0.25) is 0 Å². The number of hydrogen-bond acceptors (Lipinski definition) is 2. The molecule has 4 aliphatic rings. The molecule has 0 spiro atoms. The van der Waals surface area contributed by atoms with Crippen molar-refractivity contribution in [2.24, 2.45) is 40.4 Å². The molecular weight excluding hydrogens is 296 g/mol. The lowest BCUT2D eigenvalue weighted by Gasteiger charge is -2.61. The highest BCUT2D eigenvalue weighted by molar-refractivity contribution is 5.09. The van der Waals surface area contributed by atoms with Gasteiger partial charge < -0.3 is 10.2 Å². The summed E-state index contributed by atoms with van der Waals surface area (Å²) in [6.45, 7) is 7.23. The fourth-order valence-corrected chi connectivity index (χ4v) is 8.19. The third-order valence-corrected chi connectivity index (χ3v) is 9.59. The maximum Gasteiger partial charge on any atom is 0.0571 e. The zero-order chi connectivity index (χ0) is 17.1. The standard InChI is InChI=1S/C22H38O2/c1-4-20(24)19-8-7-17-16-6-5-14-13-15(23)9-11-21(14,2)18(16)10-12-22(17,19)3/h14-20,23-24H,4-13H2,1-3H3/t14-,15-,16-,17-,18-,19+,20-,21-,22-/m0/s1. The smallest absolute Gasteiger partial charge is 0.0571 e. The van der Waals surface area contributed by atoms with E-state index in [1.54, 1.807) is 0 Å². The largest absolute Gasteiger partial charge is 0.393 e. The summed E-state index contributed by atoms with van der Waals surface area (Å²) in [7, 11) is 0. The SMILES string of the molecule is CC[C@H](O)[C@H]1CC[C@H]2[C@@H]3CC[C@H]4C[C@@H](O)CC[C@]4(C)[C@H]3CC[C@]12C. The summed E-state index contributed by atoms with van der Waals surface area (Å²) in [4.78, 5) is 0. The van der Waals surface area contributed by atoms with E-state index in [9.17, 15) is 10.2 Å². The molecule has 0 aromatic carbocycles. The van der Waals surface area contributed by atoms with E-state index in [-0.39, 0.29) is 12.2 Å². The van der Waals surface area contributed by atoms with Crippen LogP contribution in [0.1, 0.15) is 85.0 Å². The molecule has 2 N–H and O–H groups in total. The number of aliphatic hydroxyl groups excluding tert-OH is 2. The van der Waals surface area contributed by atoms with Gasteiger partial charge in [-0.1, -0.05) is 20.8 Å². The minimum absolute atomic E-state index is 0.0379. The molecule has 0 aromatic rings. The van der Waals surface area contributed by atoms with Gasteiger partial charge in [0, 0.05) is 0 Å². The molecule has 0 amide bonds. The number of fused-ring (bicyclic) bond motifs is 5. The Morgan fingerprint density at radius 3 is 2.38 bits per heavy atom. The topological polar surface area (TPSA) is 40.5 Å². The fraction of sp³-hybridized carbons (Fsp3) is 1.00. The van der Waals surface area contributed by atoms with E-state index in [4.69, 9.17) is 0 Å². The second-order valence-electron chi connectivity index (χ2n) is 10.3. The Hall–Kier alpha value is -0.0800. The minimum atomic E-state index is -0.0895. The maximum absolute atomic E-state index is 10.6. The van der Waals surface area contributed by atoms with Crippen LogP contribution in [0, 0.1) is 40.4 Å². The van der Waals surface area contributed by atoms with Gasteiger partial charge in [-0.25, -0.2) is 0 Å². The molecule has 24 heavy (non-hydrogen) atoms. The van der Waals surface area contributed by atoms with E-state index in [1.165, 1.54) is 44.9 Å². The highest BCUT2D eigenvalue weighted by Crippen LogP contribution is 2.67. The van der Waals surface area contributed by atoms with E-state index in [0.29, 0.717) is 16.7 Å². The zero-order valence-electron chi connectivity index (χ0n) is 16.0. The van der Waals surface area contributed by atoms with E-state index in [0.717, 1.165) is 42.9 Å². The van der Waals surface area contributed by atoms with Crippen LogP contribution >= 0.6 is 0 Å². The van der Waals surface area contributed by atoms with Gasteiger partial charge in [0.1, 0.15) is 0 Å². The van der Waals surface area contributed by atoms with Crippen LogP contribution in [0.5, 0.6) is 0 Å². The van der Waals surface area contributed by atoms with Crippen LogP contribution in [0.15, 0.2) is 0 Å². The van der Waals surface area contributed by atoms with Crippen molar-refractivity contribution in [2.75, 3.05) is 0 Å². The van der Waals surface area contributed by atoms with Crippen LogP contribution in [0.3, 0.4) is 0 Å². The molecule has 0 heterocycles. The zero-order valence-corrected chi connectivity index (χ0v) is 16.0. The monoisotopic (exact) mass is 334 g/mol. The van der Waals surface area contributed by atoms with Gasteiger partial charge in [0.05, 0.1) is 12.2 Å². The summed E-state index contributed by atoms with van der Waals surface area (Å²) in [5.41, 5.74) is 0.860. The van der Waals surface area contributed by atoms with Crippen molar-refractivity contribution in [1.29, 1.82) is 0 Å². The first kappa shape index (κ1) is 17.3. The van der Waals surface area contributed by atoms with Crippen molar-refractivity contribution in [3.8, 4) is 0 Å². The van der Waals surface area contributed by atoms with Gasteiger partial charge in [-0.15, -0.1) is 0 Å². The van der Waals surface area contributed by atoms with Crippen LogP contribution in [0.25, 0.3) is 0 Å². The second kappa shape index (κ2) is 5.98. The van der Waals surface area contributed by atoms with Crippen molar-refractivity contribution < 1.29 is 10.2 Å². The van der Waals surface area contributed by atoms with Crippen molar-refractivity contribution in [2.45, 2.75) is 97.2 Å². The summed E-state index contributed by atoms with van der Waals surface area (Å²) in [5.74, 6) is 3.89. The highest BCUT2D eigenvalue weighted by atomic mass is 16.3. The first-order valence-corrected chi connectivity index (χ1v) is 10.8. The van der Waals surface area contributed by atoms with Gasteiger partial charge in [-0.05, 0) is 105 Å². The second-order valence-corrected chi connectivity index (χ2v) is 10.3. The first-order valence-electron chi connectivity index (χ1n) is 10.8. The normalized spacial score (nSPS) is 55.4. The third-order valence-electron chi connectivity index (χ3n) is 9.59. The third kappa shape index (κ3) is 2.35. The molecule has 2 nitrogen and oxygen atoms in total.